The smallest absolute Gasteiger partial charge is 0.274 e. The van der Waals surface area contributed by atoms with Crippen molar-refractivity contribution in [1.82, 2.24) is 20.2 Å². The molecule has 0 aliphatic rings. The van der Waals surface area contributed by atoms with E-state index in [2.05, 4.69) is 25.5 Å². The normalized spacial score (nSPS) is 11.1. The number of H-pyrrole nitrogens is 1. The summed E-state index contributed by atoms with van der Waals surface area (Å²) in [6.07, 6.45) is 0. The van der Waals surface area contributed by atoms with E-state index < -0.39 is 4.92 Å². The molecule has 4 rings (SSSR count). The van der Waals surface area contributed by atoms with Gasteiger partial charge < -0.3 is 10.3 Å². The second-order valence-corrected chi connectivity index (χ2v) is 7.14. The fourth-order valence-electron chi connectivity index (χ4n) is 2.80. The number of thioether (sulfide) groups is 1. The molecule has 11 heteroatoms. The van der Waals surface area contributed by atoms with Crippen LogP contribution >= 0.6 is 11.8 Å². The van der Waals surface area contributed by atoms with E-state index in [1.165, 1.54) is 18.2 Å². The van der Waals surface area contributed by atoms with Gasteiger partial charge in [-0.05, 0) is 31.2 Å². The van der Waals surface area contributed by atoms with Gasteiger partial charge in [-0.3, -0.25) is 14.9 Å². The predicted molar refractivity (Wildman–Crippen MR) is 106 cm³/mol. The third kappa shape index (κ3) is 3.85. The molecule has 4 aromatic rings. The van der Waals surface area contributed by atoms with Crippen molar-refractivity contribution < 1.29 is 14.1 Å². The number of hydrogen-bond donors (Lipinski definition) is 2. The van der Waals surface area contributed by atoms with Crippen molar-refractivity contribution in [2.24, 2.45) is 0 Å². The summed E-state index contributed by atoms with van der Waals surface area (Å²) in [7, 11) is 0. The Balaban J connectivity index is 1.46. The number of nitro benzene ring substituents is 1. The number of rotatable bonds is 5. The lowest BCUT2D eigenvalue weighted by Gasteiger charge is -2.05. The van der Waals surface area contributed by atoms with E-state index in [-0.39, 0.29) is 28.3 Å². The minimum Gasteiger partial charge on any atom is -0.338 e. The highest BCUT2D eigenvalue weighted by Crippen LogP contribution is 2.25. The van der Waals surface area contributed by atoms with Crippen molar-refractivity contribution >= 4 is 51.1 Å². The van der Waals surface area contributed by atoms with Crippen LogP contribution in [0.4, 0.5) is 15.8 Å². The molecule has 0 unspecified atom stereocenters. The number of anilines is 1. The SMILES string of the molecule is Cc1ccc(NC(=O)CSc2nnc3c(n2)[nH]c2ccc(F)cc23)cc1[N+](=O)[O-]. The topological polar surface area (TPSA) is 127 Å². The zero-order valence-corrected chi connectivity index (χ0v) is 15.8. The standard InChI is InChI=1S/C18H13FN6O3S/c1-9-2-4-11(7-14(9)25(27)28)20-15(26)8-29-18-22-17-16(23-24-18)12-6-10(19)3-5-13(12)21-17/h2-7H,8H2,1H3,(H,20,26)(H,21,22,24). The van der Waals surface area contributed by atoms with Crippen LogP contribution in [0.5, 0.6) is 0 Å². The average Bonchev–Trinajstić information content (AvgIpc) is 3.04. The molecule has 2 aromatic carbocycles. The summed E-state index contributed by atoms with van der Waals surface area (Å²) in [5.74, 6) is -0.758. The molecular weight excluding hydrogens is 399 g/mol. The molecule has 0 radical (unpaired) electrons. The molecule has 0 spiro atoms. The molecule has 29 heavy (non-hydrogen) atoms. The van der Waals surface area contributed by atoms with Crippen LogP contribution in [0.3, 0.4) is 0 Å². The summed E-state index contributed by atoms with van der Waals surface area (Å²) in [6.45, 7) is 1.62. The lowest BCUT2D eigenvalue weighted by molar-refractivity contribution is -0.385. The van der Waals surface area contributed by atoms with Crippen LogP contribution in [0.2, 0.25) is 0 Å². The van der Waals surface area contributed by atoms with Gasteiger partial charge in [0.1, 0.15) is 11.3 Å². The maximum Gasteiger partial charge on any atom is 0.274 e. The number of benzene rings is 2. The largest absolute Gasteiger partial charge is 0.338 e. The summed E-state index contributed by atoms with van der Waals surface area (Å²) in [4.78, 5) is 30.0. The third-order valence-electron chi connectivity index (χ3n) is 4.18. The monoisotopic (exact) mass is 412 g/mol. The minimum absolute atomic E-state index is 0.0102. The number of halogens is 1. The molecule has 0 fully saturated rings. The minimum atomic E-state index is -0.499. The van der Waals surface area contributed by atoms with Crippen LogP contribution in [0.25, 0.3) is 22.1 Å². The van der Waals surface area contributed by atoms with Crippen molar-refractivity contribution in [2.75, 3.05) is 11.1 Å². The van der Waals surface area contributed by atoms with Crippen molar-refractivity contribution in [3.63, 3.8) is 0 Å². The summed E-state index contributed by atoms with van der Waals surface area (Å²) in [5, 5.41) is 22.5. The first-order valence-corrected chi connectivity index (χ1v) is 9.38. The predicted octanol–water partition coefficient (Wildman–Crippen LogP) is 3.59. The molecule has 0 bridgehead atoms. The van der Waals surface area contributed by atoms with E-state index in [0.29, 0.717) is 33.3 Å². The number of carbonyl (C=O) groups is 1. The number of nitro groups is 1. The summed E-state index contributed by atoms with van der Waals surface area (Å²) < 4.78 is 13.4. The second kappa shape index (κ2) is 7.43. The number of hydrogen-bond acceptors (Lipinski definition) is 7. The van der Waals surface area contributed by atoms with Crippen LogP contribution < -0.4 is 5.32 Å². The summed E-state index contributed by atoms with van der Waals surface area (Å²) in [5.41, 5.74) is 2.35. The zero-order valence-electron chi connectivity index (χ0n) is 15.0. The molecule has 0 aliphatic heterocycles. The Morgan fingerprint density at radius 3 is 2.90 bits per heavy atom. The Morgan fingerprint density at radius 2 is 2.10 bits per heavy atom. The Labute approximate surface area is 166 Å². The van der Waals surface area contributed by atoms with E-state index >= 15 is 0 Å². The summed E-state index contributed by atoms with van der Waals surface area (Å²) >= 11 is 1.06. The molecule has 2 aromatic heterocycles. The lowest BCUT2D eigenvalue weighted by atomic mass is 10.2. The van der Waals surface area contributed by atoms with Crippen LogP contribution in [-0.2, 0) is 4.79 Å². The molecule has 2 heterocycles. The molecule has 0 saturated heterocycles. The molecular formula is C18H13FN6O3S. The lowest BCUT2D eigenvalue weighted by Crippen LogP contribution is -2.14. The van der Waals surface area contributed by atoms with Gasteiger partial charge in [0.15, 0.2) is 5.65 Å². The van der Waals surface area contributed by atoms with Gasteiger partial charge >= 0.3 is 0 Å². The van der Waals surface area contributed by atoms with Gasteiger partial charge in [-0.25, -0.2) is 9.37 Å². The Kier molecular flexibility index (Phi) is 4.80. The van der Waals surface area contributed by atoms with E-state index in [1.54, 1.807) is 25.1 Å². The first kappa shape index (κ1) is 18.7. The quantitative estimate of drug-likeness (QED) is 0.291. The van der Waals surface area contributed by atoms with Crippen molar-refractivity contribution in [3.05, 3.63) is 57.9 Å². The average molecular weight is 412 g/mol. The molecule has 9 nitrogen and oxygen atoms in total. The third-order valence-corrected chi connectivity index (χ3v) is 5.02. The molecule has 0 aliphatic carbocycles. The number of amides is 1. The van der Waals surface area contributed by atoms with Crippen LogP contribution in [-0.4, -0.2) is 36.7 Å². The first-order valence-electron chi connectivity index (χ1n) is 8.40. The van der Waals surface area contributed by atoms with Gasteiger partial charge in [0.05, 0.1) is 10.7 Å². The highest BCUT2D eigenvalue weighted by Gasteiger charge is 2.14. The van der Waals surface area contributed by atoms with E-state index in [0.717, 1.165) is 11.8 Å². The van der Waals surface area contributed by atoms with Gasteiger partial charge in [-0.2, -0.15) is 0 Å². The highest BCUT2D eigenvalue weighted by molar-refractivity contribution is 7.99. The number of aromatic nitrogens is 4. The first-order chi connectivity index (χ1) is 13.9. The van der Waals surface area contributed by atoms with E-state index in [1.807, 2.05) is 0 Å². The Hall–Kier alpha value is -3.60. The van der Waals surface area contributed by atoms with Crippen molar-refractivity contribution in [3.8, 4) is 0 Å². The molecule has 1 amide bonds. The van der Waals surface area contributed by atoms with Crippen LogP contribution in [0.1, 0.15) is 5.56 Å². The molecule has 0 atom stereocenters. The van der Waals surface area contributed by atoms with Crippen LogP contribution in [0, 0.1) is 22.9 Å². The molecule has 146 valence electrons. The van der Waals surface area contributed by atoms with Crippen molar-refractivity contribution in [2.45, 2.75) is 12.1 Å². The fraction of sp³-hybridized carbons (Fsp3) is 0.111. The van der Waals surface area contributed by atoms with Gasteiger partial charge in [0.25, 0.3) is 5.69 Å². The molecule has 2 N–H and O–H groups in total. The fourth-order valence-corrected chi connectivity index (χ4v) is 3.39. The zero-order chi connectivity index (χ0) is 20.5. The second-order valence-electron chi connectivity index (χ2n) is 6.20. The number of carbonyl (C=O) groups excluding carboxylic acids is 1. The van der Waals surface area contributed by atoms with E-state index in [4.69, 9.17) is 0 Å². The Morgan fingerprint density at radius 1 is 1.28 bits per heavy atom. The number of aromatic amines is 1. The van der Waals surface area contributed by atoms with Gasteiger partial charge in [-0.1, -0.05) is 17.8 Å². The number of fused-ring (bicyclic) bond motifs is 3. The van der Waals surface area contributed by atoms with Gasteiger partial charge in [-0.15, -0.1) is 10.2 Å². The Bertz CT molecular complexity index is 1280. The van der Waals surface area contributed by atoms with Crippen LogP contribution in [0.15, 0.2) is 41.6 Å². The van der Waals surface area contributed by atoms with Gasteiger partial charge in [0, 0.05) is 28.2 Å². The number of nitrogens with zero attached hydrogens (tertiary/aromatic N) is 4. The van der Waals surface area contributed by atoms with Gasteiger partial charge in [0.2, 0.25) is 11.1 Å². The van der Waals surface area contributed by atoms with E-state index in [9.17, 15) is 19.3 Å². The van der Waals surface area contributed by atoms with Crippen molar-refractivity contribution in [1.29, 1.82) is 0 Å². The summed E-state index contributed by atoms with van der Waals surface area (Å²) in [6, 6.07) is 8.76. The highest BCUT2D eigenvalue weighted by atomic mass is 32.2. The maximum absolute atomic E-state index is 13.4. The number of nitrogens with one attached hydrogen (secondary N) is 2. The molecule has 0 saturated carbocycles. The maximum atomic E-state index is 13.4. The number of aryl methyl sites for hydroxylation is 1.